The molecule has 2 aromatic rings. The highest BCUT2D eigenvalue weighted by Crippen LogP contribution is 2.19. The second-order valence-corrected chi connectivity index (χ2v) is 4.22. The molecule has 0 amide bonds. The van der Waals surface area contributed by atoms with Crippen LogP contribution in [0.2, 0.25) is 0 Å². The molecule has 2 rings (SSSR count). The summed E-state index contributed by atoms with van der Waals surface area (Å²) in [7, 11) is 1.99. The van der Waals surface area contributed by atoms with Crippen LogP contribution in [0.3, 0.4) is 0 Å². The van der Waals surface area contributed by atoms with Gasteiger partial charge < -0.3 is 9.73 Å². The average Bonchev–Trinajstić information content (AvgIpc) is 2.89. The van der Waals surface area contributed by atoms with Crippen molar-refractivity contribution in [3.8, 4) is 0 Å². The summed E-state index contributed by atoms with van der Waals surface area (Å²) < 4.78 is 5.39. The second-order valence-electron chi connectivity index (χ2n) is 4.22. The maximum Gasteiger partial charge on any atom is 0.105 e. The Hall–Kier alpha value is -1.54. The van der Waals surface area contributed by atoms with Crippen LogP contribution in [0.15, 0.2) is 47.1 Å². The van der Waals surface area contributed by atoms with Crippen LogP contribution in [0.4, 0.5) is 0 Å². The van der Waals surface area contributed by atoms with Gasteiger partial charge in [0.15, 0.2) is 0 Å². The van der Waals surface area contributed by atoms with Gasteiger partial charge in [0.25, 0.3) is 0 Å². The van der Waals surface area contributed by atoms with Crippen molar-refractivity contribution in [1.29, 1.82) is 0 Å². The summed E-state index contributed by atoms with van der Waals surface area (Å²) in [4.78, 5) is 0. The Morgan fingerprint density at radius 2 is 1.94 bits per heavy atom. The molecule has 1 atom stereocenters. The van der Waals surface area contributed by atoms with E-state index in [9.17, 15) is 0 Å². The Labute approximate surface area is 103 Å². The monoisotopic (exact) mass is 229 g/mol. The van der Waals surface area contributed by atoms with Gasteiger partial charge in [-0.2, -0.15) is 0 Å². The van der Waals surface area contributed by atoms with Crippen LogP contribution in [-0.2, 0) is 12.8 Å². The molecule has 2 nitrogen and oxygen atoms in total. The molecular weight excluding hydrogens is 210 g/mol. The van der Waals surface area contributed by atoms with Crippen LogP contribution in [0.25, 0.3) is 0 Å². The number of rotatable bonds is 5. The summed E-state index contributed by atoms with van der Waals surface area (Å²) in [6.45, 7) is 2.17. The Morgan fingerprint density at radius 1 is 1.18 bits per heavy atom. The zero-order valence-electron chi connectivity index (χ0n) is 10.4. The molecule has 1 unspecified atom stereocenters. The molecule has 0 radical (unpaired) electrons. The zero-order valence-corrected chi connectivity index (χ0v) is 10.4. The quantitative estimate of drug-likeness (QED) is 0.850. The van der Waals surface area contributed by atoms with E-state index in [-0.39, 0.29) is 0 Å². The van der Waals surface area contributed by atoms with Crippen molar-refractivity contribution in [3.63, 3.8) is 0 Å². The molecule has 17 heavy (non-hydrogen) atoms. The Bertz CT molecular complexity index is 430. The molecule has 0 spiro atoms. The number of nitrogens with one attached hydrogen (secondary N) is 1. The lowest BCUT2D eigenvalue weighted by Crippen LogP contribution is -2.18. The lowest BCUT2D eigenvalue weighted by molar-refractivity contribution is 0.466. The van der Waals surface area contributed by atoms with Crippen LogP contribution >= 0.6 is 0 Å². The highest BCUT2D eigenvalue weighted by molar-refractivity contribution is 5.26. The van der Waals surface area contributed by atoms with E-state index < -0.39 is 0 Å². The Kier molecular flexibility index (Phi) is 3.99. The van der Waals surface area contributed by atoms with Gasteiger partial charge in [-0.05, 0) is 36.7 Å². The molecule has 0 aliphatic rings. The predicted octanol–water partition coefficient (Wildman–Crippen LogP) is 3.35. The van der Waals surface area contributed by atoms with Gasteiger partial charge in [0.1, 0.15) is 5.76 Å². The van der Waals surface area contributed by atoms with Crippen molar-refractivity contribution in [3.05, 3.63) is 59.5 Å². The SMILES string of the molecule is CCc1ccc(C(Cc2ccco2)NC)cc1. The van der Waals surface area contributed by atoms with Gasteiger partial charge in [-0.1, -0.05) is 31.2 Å². The van der Waals surface area contributed by atoms with Crippen molar-refractivity contribution >= 4 is 0 Å². The molecule has 0 fully saturated rings. The van der Waals surface area contributed by atoms with Crippen LogP contribution < -0.4 is 5.32 Å². The summed E-state index contributed by atoms with van der Waals surface area (Å²) in [5.74, 6) is 1.02. The second kappa shape index (κ2) is 5.69. The number of benzene rings is 1. The molecule has 0 aliphatic heterocycles. The largest absolute Gasteiger partial charge is 0.469 e. The first kappa shape index (κ1) is 11.9. The fraction of sp³-hybridized carbons (Fsp3) is 0.333. The van der Waals surface area contributed by atoms with Crippen molar-refractivity contribution in [1.82, 2.24) is 5.32 Å². The van der Waals surface area contributed by atoms with Crippen molar-refractivity contribution in [2.24, 2.45) is 0 Å². The molecule has 0 saturated carbocycles. The average molecular weight is 229 g/mol. The minimum absolute atomic E-state index is 0.312. The van der Waals surface area contributed by atoms with Crippen molar-refractivity contribution < 1.29 is 4.42 Å². The first-order valence-corrected chi connectivity index (χ1v) is 6.12. The fourth-order valence-corrected chi connectivity index (χ4v) is 2.00. The van der Waals surface area contributed by atoms with E-state index in [0.29, 0.717) is 6.04 Å². The fourth-order valence-electron chi connectivity index (χ4n) is 2.00. The summed E-state index contributed by atoms with van der Waals surface area (Å²) in [6.07, 6.45) is 3.69. The van der Waals surface area contributed by atoms with Gasteiger partial charge in [-0.15, -0.1) is 0 Å². The van der Waals surface area contributed by atoms with E-state index >= 15 is 0 Å². The molecule has 1 aromatic heterocycles. The lowest BCUT2D eigenvalue weighted by atomic mass is 10.0. The van der Waals surface area contributed by atoms with Crippen LogP contribution in [0, 0.1) is 0 Å². The van der Waals surface area contributed by atoms with Crippen LogP contribution in [0.1, 0.15) is 29.9 Å². The van der Waals surface area contributed by atoms with Gasteiger partial charge >= 0.3 is 0 Å². The molecule has 1 heterocycles. The molecule has 0 aliphatic carbocycles. The smallest absolute Gasteiger partial charge is 0.105 e. The molecule has 1 N–H and O–H groups in total. The Morgan fingerprint density at radius 3 is 2.47 bits per heavy atom. The first-order valence-electron chi connectivity index (χ1n) is 6.12. The highest BCUT2D eigenvalue weighted by atomic mass is 16.3. The normalized spacial score (nSPS) is 12.6. The van der Waals surface area contributed by atoms with E-state index in [4.69, 9.17) is 4.42 Å². The van der Waals surface area contributed by atoms with Gasteiger partial charge in [0, 0.05) is 12.5 Å². The Balaban J connectivity index is 2.11. The molecule has 90 valence electrons. The summed E-state index contributed by atoms with van der Waals surface area (Å²) in [5.41, 5.74) is 2.68. The number of furan rings is 1. The van der Waals surface area contributed by atoms with Gasteiger partial charge in [-0.3, -0.25) is 0 Å². The maximum atomic E-state index is 5.39. The number of hydrogen-bond donors (Lipinski definition) is 1. The standard InChI is InChI=1S/C15H19NO/c1-3-12-6-8-13(9-7-12)15(16-2)11-14-5-4-10-17-14/h4-10,15-16H,3,11H2,1-2H3. The van der Waals surface area contributed by atoms with Crippen molar-refractivity contribution in [2.45, 2.75) is 25.8 Å². The molecule has 0 bridgehead atoms. The number of likely N-dealkylation sites (N-methyl/N-ethyl adjacent to an activating group) is 1. The van der Waals surface area contributed by atoms with E-state index in [1.165, 1.54) is 11.1 Å². The minimum atomic E-state index is 0.312. The van der Waals surface area contributed by atoms with E-state index in [0.717, 1.165) is 18.6 Å². The van der Waals surface area contributed by atoms with Crippen LogP contribution in [0.5, 0.6) is 0 Å². The predicted molar refractivity (Wildman–Crippen MR) is 70.0 cm³/mol. The van der Waals surface area contributed by atoms with Gasteiger partial charge in [-0.25, -0.2) is 0 Å². The van der Waals surface area contributed by atoms with Crippen LogP contribution in [-0.4, -0.2) is 7.05 Å². The molecule has 1 aromatic carbocycles. The number of aryl methyl sites for hydroxylation is 1. The third-order valence-corrected chi connectivity index (χ3v) is 3.12. The van der Waals surface area contributed by atoms with E-state index in [2.05, 4.69) is 36.5 Å². The molecule has 0 saturated heterocycles. The maximum absolute atomic E-state index is 5.39. The topological polar surface area (TPSA) is 25.2 Å². The lowest BCUT2D eigenvalue weighted by Gasteiger charge is -2.15. The molecule has 2 heteroatoms. The summed E-state index contributed by atoms with van der Waals surface area (Å²) in [6, 6.07) is 13.1. The first-order chi connectivity index (χ1) is 8.33. The minimum Gasteiger partial charge on any atom is -0.469 e. The number of hydrogen-bond acceptors (Lipinski definition) is 2. The van der Waals surface area contributed by atoms with Crippen molar-refractivity contribution in [2.75, 3.05) is 7.05 Å². The highest BCUT2D eigenvalue weighted by Gasteiger charge is 2.11. The third kappa shape index (κ3) is 2.98. The van der Waals surface area contributed by atoms with Gasteiger partial charge in [0.05, 0.1) is 6.26 Å². The van der Waals surface area contributed by atoms with Gasteiger partial charge in [0.2, 0.25) is 0 Å². The van der Waals surface area contributed by atoms with E-state index in [1.54, 1.807) is 6.26 Å². The summed E-state index contributed by atoms with van der Waals surface area (Å²) in [5, 5.41) is 3.33. The summed E-state index contributed by atoms with van der Waals surface area (Å²) >= 11 is 0. The zero-order chi connectivity index (χ0) is 12.1. The third-order valence-electron chi connectivity index (χ3n) is 3.12. The van der Waals surface area contributed by atoms with E-state index in [1.807, 2.05) is 19.2 Å². The molecular formula is C15H19NO.